The summed E-state index contributed by atoms with van der Waals surface area (Å²) in [5.74, 6) is -0.881. The molecule has 4 amide bonds. The van der Waals surface area contributed by atoms with Crippen molar-refractivity contribution in [3.63, 3.8) is 0 Å². The Morgan fingerprint density at radius 2 is 1.79 bits per heavy atom. The van der Waals surface area contributed by atoms with Gasteiger partial charge in [0, 0.05) is 23.5 Å². The first-order chi connectivity index (χ1) is 16.4. The maximum Gasteiger partial charge on any atom is 0.325 e. The van der Waals surface area contributed by atoms with Crippen molar-refractivity contribution in [3.8, 4) is 5.69 Å². The average Bonchev–Trinajstić information content (AvgIpc) is 3.46. The number of nitrogens with one attached hydrogen (secondary N) is 3. The van der Waals surface area contributed by atoms with Crippen LogP contribution < -0.4 is 10.6 Å². The van der Waals surface area contributed by atoms with E-state index in [9.17, 15) is 14.4 Å². The minimum Gasteiger partial charge on any atom is -0.361 e. The van der Waals surface area contributed by atoms with Crippen LogP contribution in [0.3, 0.4) is 0 Å². The highest BCUT2D eigenvalue weighted by Crippen LogP contribution is 2.24. The Morgan fingerprint density at radius 3 is 2.59 bits per heavy atom. The molecule has 9 nitrogen and oxygen atoms in total. The van der Waals surface area contributed by atoms with E-state index in [1.165, 1.54) is 0 Å². The molecule has 5 rings (SSSR count). The lowest BCUT2D eigenvalue weighted by Gasteiger charge is -2.13. The number of hydrogen-bond acceptors (Lipinski definition) is 4. The fourth-order valence-electron chi connectivity index (χ4n) is 4.35. The van der Waals surface area contributed by atoms with Gasteiger partial charge in [0.05, 0.1) is 22.8 Å². The zero-order chi connectivity index (χ0) is 23.8. The van der Waals surface area contributed by atoms with Crippen molar-refractivity contribution in [1.29, 1.82) is 0 Å². The van der Waals surface area contributed by atoms with Gasteiger partial charge in [0.2, 0.25) is 5.91 Å². The number of H-pyrrole nitrogens is 1. The minimum atomic E-state index is -0.719. The monoisotopic (exact) mass is 456 g/mol. The SMILES string of the molecule is Cc1nn(-c2ccccc2)c(C)c1NC(=O)CN1C(=O)N[C@@H](Cc2c[nH]c3ccccc23)C1=O. The summed E-state index contributed by atoms with van der Waals surface area (Å²) >= 11 is 0. The van der Waals surface area contributed by atoms with Crippen molar-refractivity contribution in [1.82, 2.24) is 25.0 Å². The zero-order valence-corrected chi connectivity index (χ0v) is 18.8. The number of carbonyl (C=O) groups is 3. The van der Waals surface area contributed by atoms with Crippen LogP contribution in [0.5, 0.6) is 0 Å². The maximum absolute atomic E-state index is 12.9. The number of carbonyl (C=O) groups excluding carboxylic acids is 3. The summed E-state index contributed by atoms with van der Waals surface area (Å²) in [6, 6.07) is 16.1. The molecule has 0 saturated carbocycles. The molecule has 1 fully saturated rings. The normalized spacial score (nSPS) is 15.7. The van der Waals surface area contributed by atoms with Gasteiger partial charge in [0.1, 0.15) is 12.6 Å². The standard InChI is InChI=1S/C25H24N6O3/c1-15-23(16(2)31(29-15)18-8-4-3-5-9-18)28-22(32)14-30-24(33)21(27-25(30)34)12-17-13-26-20-11-7-6-10-19(17)20/h3-11,13,21,26H,12,14H2,1-2H3,(H,27,34)(H,28,32)/t21-/m0/s1. The van der Waals surface area contributed by atoms with Crippen molar-refractivity contribution in [2.24, 2.45) is 0 Å². The number of rotatable bonds is 6. The van der Waals surface area contributed by atoms with E-state index in [-0.39, 0.29) is 6.54 Å². The molecule has 1 aliphatic heterocycles. The van der Waals surface area contributed by atoms with E-state index in [4.69, 9.17) is 0 Å². The lowest BCUT2D eigenvalue weighted by molar-refractivity contribution is -0.130. The molecule has 1 saturated heterocycles. The molecule has 1 aliphatic rings. The van der Waals surface area contributed by atoms with Crippen LogP contribution in [-0.4, -0.2) is 50.1 Å². The first kappa shape index (κ1) is 21.4. The quantitative estimate of drug-likeness (QED) is 0.387. The summed E-state index contributed by atoms with van der Waals surface area (Å²) in [5, 5.41) is 11.0. The molecular formula is C25H24N6O3. The minimum absolute atomic E-state index is 0.342. The van der Waals surface area contributed by atoms with E-state index in [0.29, 0.717) is 17.8 Å². The summed E-state index contributed by atoms with van der Waals surface area (Å²) in [7, 11) is 0. The van der Waals surface area contributed by atoms with E-state index in [0.717, 1.165) is 32.7 Å². The van der Waals surface area contributed by atoms with Crippen LogP contribution in [0, 0.1) is 13.8 Å². The van der Waals surface area contributed by atoms with Crippen LogP contribution in [0.2, 0.25) is 0 Å². The van der Waals surface area contributed by atoms with Crippen LogP contribution in [0.1, 0.15) is 17.0 Å². The largest absolute Gasteiger partial charge is 0.361 e. The summed E-state index contributed by atoms with van der Waals surface area (Å²) in [5.41, 5.74) is 4.73. The molecule has 1 atom stereocenters. The van der Waals surface area contributed by atoms with Crippen molar-refractivity contribution in [3.05, 3.63) is 77.7 Å². The third kappa shape index (κ3) is 3.81. The predicted octanol–water partition coefficient (Wildman–Crippen LogP) is 3.07. The summed E-state index contributed by atoms with van der Waals surface area (Å²) in [6.07, 6.45) is 2.18. The second-order valence-electron chi connectivity index (χ2n) is 8.33. The van der Waals surface area contributed by atoms with Gasteiger partial charge in [0.25, 0.3) is 5.91 Å². The smallest absolute Gasteiger partial charge is 0.325 e. The highest BCUT2D eigenvalue weighted by molar-refractivity contribution is 6.08. The van der Waals surface area contributed by atoms with Crippen LogP contribution in [0.4, 0.5) is 10.5 Å². The summed E-state index contributed by atoms with van der Waals surface area (Å²) in [4.78, 5) is 42.3. The van der Waals surface area contributed by atoms with Crippen molar-refractivity contribution < 1.29 is 14.4 Å². The van der Waals surface area contributed by atoms with Gasteiger partial charge in [-0.1, -0.05) is 36.4 Å². The van der Waals surface area contributed by atoms with Gasteiger partial charge in [-0.3, -0.25) is 14.5 Å². The Hall–Kier alpha value is -4.40. The third-order valence-corrected chi connectivity index (χ3v) is 6.06. The van der Waals surface area contributed by atoms with E-state index in [2.05, 4.69) is 20.7 Å². The number of fused-ring (bicyclic) bond motifs is 1. The molecule has 0 aliphatic carbocycles. The van der Waals surface area contributed by atoms with Crippen molar-refractivity contribution in [2.75, 3.05) is 11.9 Å². The number of hydrogen-bond donors (Lipinski definition) is 3. The van der Waals surface area contributed by atoms with Gasteiger partial charge in [-0.15, -0.1) is 0 Å². The Morgan fingerprint density at radius 1 is 1.06 bits per heavy atom. The van der Waals surface area contributed by atoms with Crippen LogP contribution in [0.25, 0.3) is 16.6 Å². The molecule has 3 N–H and O–H groups in total. The molecule has 3 heterocycles. The van der Waals surface area contributed by atoms with Gasteiger partial charge in [0.15, 0.2) is 0 Å². The first-order valence-electron chi connectivity index (χ1n) is 11.0. The molecule has 2 aromatic heterocycles. The number of para-hydroxylation sites is 2. The fourth-order valence-corrected chi connectivity index (χ4v) is 4.35. The number of imide groups is 1. The van der Waals surface area contributed by atoms with E-state index < -0.39 is 23.9 Å². The number of amides is 4. The average molecular weight is 457 g/mol. The molecule has 0 spiro atoms. The number of urea groups is 1. The number of benzene rings is 2. The lowest BCUT2D eigenvalue weighted by atomic mass is 10.1. The molecule has 4 aromatic rings. The number of anilines is 1. The highest BCUT2D eigenvalue weighted by Gasteiger charge is 2.39. The second-order valence-corrected chi connectivity index (χ2v) is 8.33. The second kappa shape index (κ2) is 8.51. The van der Waals surface area contributed by atoms with Gasteiger partial charge in [-0.25, -0.2) is 9.48 Å². The Kier molecular flexibility index (Phi) is 5.37. The van der Waals surface area contributed by atoms with E-state index >= 15 is 0 Å². The Bertz CT molecular complexity index is 1400. The summed E-state index contributed by atoms with van der Waals surface area (Å²) in [6.45, 7) is 3.28. The molecule has 0 unspecified atom stereocenters. The molecule has 9 heteroatoms. The van der Waals surface area contributed by atoms with Crippen LogP contribution in [0.15, 0.2) is 60.8 Å². The molecular weight excluding hydrogens is 432 g/mol. The topological polar surface area (TPSA) is 112 Å². The van der Waals surface area contributed by atoms with Gasteiger partial charge in [-0.05, 0) is 37.6 Å². The van der Waals surface area contributed by atoms with Crippen molar-refractivity contribution in [2.45, 2.75) is 26.3 Å². The lowest BCUT2D eigenvalue weighted by Crippen LogP contribution is -2.38. The Balaban J connectivity index is 1.28. The number of aromatic nitrogens is 3. The van der Waals surface area contributed by atoms with Gasteiger partial charge < -0.3 is 15.6 Å². The molecule has 2 aromatic carbocycles. The molecule has 0 bridgehead atoms. The highest BCUT2D eigenvalue weighted by atomic mass is 16.2. The predicted molar refractivity (Wildman–Crippen MR) is 128 cm³/mol. The maximum atomic E-state index is 12.9. The van der Waals surface area contributed by atoms with Crippen molar-refractivity contribution >= 4 is 34.4 Å². The first-order valence-corrected chi connectivity index (χ1v) is 11.0. The van der Waals surface area contributed by atoms with E-state index in [1.807, 2.05) is 67.7 Å². The third-order valence-electron chi connectivity index (χ3n) is 6.06. The number of aromatic amines is 1. The van der Waals surface area contributed by atoms with Gasteiger partial charge >= 0.3 is 6.03 Å². The van der Waals surface area contributed by atoms with Crippen LogP contribution >= 0.6 is 0 Å². The Labute approximate surface area is 195 Å². The molecule has 0 radical (unpaired) electrons. The molecule has 34 heavy (non-hydrogen) atoms. The number of nitrogens with zero attached hydrogens (tertiary/aromatic N) is 3. The fraction of sp³-hybridized carbons (Fsp3) is 0.200. The van der Waals surface area contributed by atoms with E-state index in [1.54, 1.807) is 11.6 Å². The number of aryl methyl sites for hydroxylation is 1. The summed E-state index contributed by atoms with van der Waals surface area (Å²) < 4.78 is 1.75. The van der Waals surface area contributed by atoms with Gasteiger partial charge in [-0.2, -0.15) is 5.10 Å². The van der Waals surface area contributed by atoms with Crippen LogP contribution in [-0.2, 0) is 16.0 Å². The zero-order valence-electron chi connectivity index (χ0n) is 18.8. The molecule has 172 valence electrons.